The summed E-state index contributed by atoms with van der Waals surface area (Å²) in [5.74, 6) is 1.23. The average Bonchev–Trinajstić information content (AvgIpc) is 2.60. The number of ether oxygens (including phenoxy) is 2. The van der Waals surface area contributed by atoms with E-state index in [9.17, 15) is 9.90 Å². The van der Waals surface area contributed by atoms with Crippen molar-refractivity contribution in [2.75, 3.05) is 33.4 Å². The maximum atomic E-state index is 11.7. The molecule has 5 nitrogen and oxygen atoms in total. The van der Waals surface area contributed by atoms with Gasteiger partial charge >= 0.3 is 5.97 Å². The number of hydrogen-bond acceptors (Lipinski definition) is 5. The Morgan fingerprint density at radius 3 is 3.00 bits per heavy atom. The van der Waals surface area contributed by atoms with Crippen molar-refractivity contribution in [3.63, 3.8) is 0 Å². The number of hydrogen-bond donors (Lipinski definition) is 1. The van der Waals surface area contributed by atoms with Crippen molar-refractivity contribution in [1.82, 2.24) is 4.90 Å². The molecule has 0 saturated carbocycles. The Morgan fingerprint density at radius 1 is 1.42 bits per heavy atom. The molecule has 0 saturated heterocycles. The highest BCUT2D eigenvalue weighted by Crippen LogP contribution is 2.28. The smallest absolute Gasteiger partial charge is 0.338 e. The van der Waals surface area contributed by atoms with Crippen LogP contribution in [0.4, 0.5) is 0 Å². The van der Waals surface area contributed by atoms with Crippen molar-refractivity contribution < 1.29 is 19.4 Å². The number of benzene rings is 1. The van der Waals surface area contributed by atoms with Gasteiger partial charge in [-0.25, -0.2) is 4.79 Å². The summed E-state index contributed by atoms with van der Waals surface area (Å²) in [6.07, 6.45) is 2.56. The van der Waals surface area contributed by atoms with E-state index in [1.54, 1.807) is 0 Å². The molecule has 0 spiro atoms. The summed E-state index contributed by atoms with van der Waals surface area (Å²) in [6, 6.07) is 8.19. The third kappa shape index (κ3) is 4.22. The minimum Gasteiger partial charge on any atom is -0.512 e. The fraction of sp³-hybridized carbons (Fsp3) is 0.500. The second kappa shape index (κ2) is 8.40. The van der Waals surface area contributed by atoms with E-state index in [0.29, 0.717) is 24.5 Å². The predicted molar refractivity (Wildman–Crippen MR) is 93.7 cm³/mol. The zero-order valence-corrected chi connectivity index (χ0v) is 14.7. The molecule has 0 fully saturated rings. The molecule has 0 aliphatic carbocycles. The van der Waals surface area contributed by atoms with E-state index in [4.69, 9.17) is 9.47 Å². The Kier molecular flexibility index (Phi) is 6.52. The minimum atomic E-state index is -0.429. The number of rotatable bonds is 4. The Balaban J connectivity index is 0.00000208. The van der Waals surface area contributed by atoms with Crippen molar-refractivity contribution in [3.05, 3.63) is 41.2 Å². The van der Waals surface area contributed by atoms with Crippen LogP contribution in [0.2, 0.25) is 0 Å². The highest BCUT2D eigenvalue weighted by Gasteiger charge is 2.26. The molecule has 1 atom stereocenters. The van der Waals surface area contributed by atoms with E-state index in [2.05, 4.69) is 11.0 Å². The molecule has 0 aromatic heterocycles. The third-order valence-corrected chi connectivity index (χ3v) is 4.64. The van der Waals surface area contributed by atoms with Crippen molar-refractivity contribution in [2.24, 2.45) is 5.92 Å². The lowest BCUT2D eigenvalue weighted by Gasteiger charge is -2.30. The first-order valence-corrected chi connectivity index (χ1v) is 8.09. The van der Waals surface area contributed by atoms with Crippen LogP contribution in [-0.4, -0.2) is 49.3 Å². The summed E-state index contributed by atoms with van der Waals surface area (Å²) in [5.41, 5.74) is 1.67. The second-order valence-corrected chi connectivity index (χ2v) is 6.22. The number of carbonyl (C=O) groups excluding carboxylic acids is 1. The van der Waals surface area contributed by atoms with E-state index in [-0.39, 0.29) is 18.2 Å². The van der Waals surface area contributed by atoms with Crippen LogP contribution in [-0.2, 0) is 16.0 Å². The van der Waals surface area contributed by atoms with Crippen molar-refractivity contribution in [2.45, 2.75) is 19.3 Å². The Labute approximate surface area is 148 Å². The monoisotopic (exact) mass is 353 g/mol. The van der Waals surface area contributed by atoms with Gasteiger partial charge in [0.15, 0.2) is 0 Å². The average molecular weight is 354 g/mol. The van der Waals surface area contributed by atoms with Crippen molar-refractivity contribution in [3.8, 4) is 5.75 Å². The topological polar surface area (TPSA) is 59.0 Å². The molecule has 1 N–H and O–H groups in total. The highest BCUT2D eigenvalue weighted by atomic mass is 35.5. The van der Waals surface area contributed by atoms with Gasteiger partial charge in [-0.05, 0) is 36.9 Å². The fourth-order valence-electron chi connectivity index (χ4n) is 3.25. The SMILES string of the molecule is COC(=O)C1=C(O)CCN(CCC2COc3ccccc3C2)C1.Cl. The van der Waals surface area contributed by atoms with E-state index >= 15 is 0 Å². The zero-order valence-electron chi connectivity index (χ0n) is 13.9. The standard InChI is InChI=1S/C18H23NO4.ClH/c1-22-18(21)15-11-19(9-7-16(15)20)8-6-13-10-14-4-2-3-5-17(14)23-12-13;/h2-5,13,20H,6-12H2,1H3;1H. The number of methoxy groups -OCH3 is 1. The van der Waals surface area contributed by atoms with Crippen LogP contribution in [0, 0.1) is 5.92 Å². The Hall–Kier alpha value is -1.72. The van der Waals surface area contributed by atoms with Gasteiger partial charge in [-0.3, -0.25) is 4.90 Å². The van der Waals surface area contributed by atoms with Gasteiger partial charge in [0, 0.05) is 19.5 Å². The van der Waals surface area contributed by atoms with Crippen LogP contribution in [0.5, 0.6) is 5.75 Å². The second-order valence-electron chi connectivity index (χ2n) is 6.22. The van der Waals surface area contributed by atoms with Crippen LogP contribution in [0.15, 0.2) is 35.6 Å². The first kappa shape index (κ1) is 18.6. The fourth-order valence-corrected chi connectivity index (χ4v) is 3.25. The van der Waals surface area contributed by atoms with E-state index < -0.39 is 5.97 Å². The molecule has 2 aliphatic rings. The maximum absolute atomic E-state index is 11.7. The number of aliphatic hydroxyl groups is 1. The van der Waals surface area contributed by atoms with Gasteiger partial charge in [0.1, 0.15) is 11.5 Å². The van der Waals surface area contributed by atoms with Gasteiger partial charge in [-0.1, -0.05) is 18.2 Å². The lowest BCUT2D eigenvalue weighted by Crippen LogP contribution is -2.36. The largest absolute Gasteiger partial charge is 0.512 e. The van der Waals surface area contributed by atoms with Gasteiger partial charge in [-0.15, -0.1) is 12.4 Å². The van der Waals surface area contributed by atoms with Gasteiger partial charge in [-0.2, -0.15) is 0 Å². The first-order valence-electron chi connectivity index (χ1n) is 8.09. The molecule has 132 valence electrons. The predicted octanol–water partition coefficient (Wildman–Crippen LogP) is 2.74. The quantitative estimate of drug-likeness (QED) is 0.843. The first-order chi connectivity index (χ1) is 11.2. The lowest BCUT2D eigenvalue weighted by molar-refractivity contribution is -0.136. The molecule has 24 heavy (non-hydrogen) atoms. The summed E-state index contributed by atoms with van der Waals surface area (Å²) in [7, 11) is 1.35. The number of esters is 1. The van der Waals surface area contributed by atoms with Crippen LogP contribution >= 0.6 is 12.4 Å². The maximum Gasteiger partial charge on any atom is 0.338 e. The summed E-state index contributed by atoms with van der Waals surface area (Å²) in [4.78, 5) is 13.9. The lowest BCUT2D eigenvalue weighted by atomic mass is 9.93. The molecule has 1 aromatic rings. The van der Waals surface area contributed by atoms with Crippen LogP contribution < -0.4 is 4.74 Å². The molecule has 2 heterocycles. The van der Waals surface area contributed by atoms with Gasteiger partial charge < -0.3 is 14.6 Å². The number of carbonyl (C=O) groups is 1. The van der Waals surface area contributed by atoms with E-state index in [1.165, 1.54) is 12.7 Å². The van der Waals surface area contributed by atoms with E-state index in [1.807, 2.05) is 18.2 Å². The summed E-state index contributed by atoms with van der Waals surface area (Å²) in [5, 5.41) is 9.85. The molecule has 0 radical (unpaired) electrons. The van der Waals surface area contributed by atoms with Gasteiger partial charge in [0.05, 0.1) is 19.3 Å². The molecule has 0 amide bonds. The number of nitrogens with zero attached hydrogens (tertiary/aromatic N) is 1. The molecular weight excluding hydrogens is 330 g/mol. The molecule has 3 rings (SSSR count). The molecule has 1 unspecified atom stereocenters. The number of aliphatic hydroxyl groups excluding tert-OH is 1. The van der Waals surface area contributed by atoms with Crippen LogP contribution in [0.3, 0.4) is 0 Å². The summed E-state index contributed by atoms with van der Waals surface area (Å²) in [6.45, 7) is 2.87. The van der Waals surface area contributed by atoms with Gasteiger partial charge in [0.25, 0.3) is 0 Å². The van der Waals surface area contributed by atoms with Gasteiger partial charge in [0.2, 0.25) is 0 Å². The third-order valence-electron chi connectivity index (χ3n) is 4.64. The van der Waals surface area contributed by atoms with Crippen molar-refractivity contribution in [1.29, 1.82) is 0 Å². The normalized spacial score (nSPS) is 20.6. The summed E-state index contributed by atoms with van der Waals surface area (Å²) < 4.78 is 10.6. The van der Waals surface area contributed by atoms with Crippen LogP contribution in [0.25, 0.3) is 0 Å². The zero-order chi connectivity index (χ0) is 16.2. The van der Waals surface area contributed by atoms with Crippen LogP contribution in [0.1, 0.15) is 18.4 Å². The molecule has 2 aliphatic heterocycles. The minimum absolute atomic E-state index is 0. The van der Waals surface area contributed by atoms with Crippen molar-refractivity contribution >= 4 is 18.4 Å². The highest BCUT2D eigenvalue weighted by molar-refractivity contribution is 5.89. The summed E-state index contributed by atoms with van der Waals surface area (Å²) >= 11 is 0. The Bertz CT molecular complexity index is 617. The Morgan fingerprint density at radius 2 is 2.21 bits per heavy atom. The van der Waals surface area contributed by atoms with E-state index in [0.717, 1.165) is 38.3 Å². The molecule has 1 aromatic carbocycles. The number of para-hydroxylation sites is 1. The number of fused-ring (bicyclic) bond motifs is 1. The molecule has 0 bridgehead atoms. The molecule has 6 heteroatoms. The number of halogens is 1. The molecular formula is C18H24ClNO4.